The van der Waals surface area contributed by atoms with Crippen molar-refractivity contribution in [2.45, 2.75) is 12.8 Å². The lowest BCUT2D eigenvalue weighted by Gasteiger charge is -2.08. The zero-order chi connectivity index (χ0) is 12.3. The molecule has 1 heterocycles. The van der Waals surface area contributed by atoms with Gasteiger partial charge in [-0.15, -0.1) is 0 Å². The Morgan fingerprint density at radius 3 is 2.82 bits per heavy atom. The van der Waals surface area contributed by atoms with Crippen molar-refractivity contribution in [3.8, 4) is 5.88 Å². The molecule has 2 rings (SSSR count). The maximum absolute atomic E-state index is 11.4. The summed E-state index contributed by atoms with van der Waals surface area (Å²) in [7, 11) is 1.55. The molecule has 1 aromatic heterocycles. The molecule has 1 aliphatic carbocycles. The lowest BCUT2D eigenvalue weighted by molar-refractivity contribution is -0.120. The zero-order valence-electron chi connectivity index (χ0n) is 9.40. The van der Waals surface area contributed by atoms with Crippen LogP contribution in [0.2, 0.25) is 0 Å². The summed E-state index contributed by atoms with van der Waals surface area (Å²) in [5.41, 5.74) is 0.715. The predicted octanol–water partition coefficient (Wildman–Crippen LogP) is 1.31. The minimum absolute atomic E-state index is 0.0102. The summed E-state index contributed by atoms with van der Waals surface area (Å²) in [4.78, 5) is 15.5. The van der Waals surface area contributed by atoms with Gasteiger partial charge < -0.3 is 15.4 Å². The first-order valence-electron chi connectivity index (χ1n) is 5.31. The number of carbonyl (C=O) groups is 1. The molecule has 0 aromatic carbocycles. The van der Waals surface area contributed by atoms with Crippen molar-refractivity contribution in [2.24, 2.45) is 5.92 Å². The van der Waals surface area contributed by atoms with E-state index in [0.717, 1.165) is 12.8 Å². The third-order valence-electron chi connectivity index (χ3n) is 2.39. The number of amides is 1. The molecule has 0 radical (unpaired) electrons. The minimum Gasteiger partial charge on any atom is -0.481 e. The van der Waals surface area contributed by atoms with Crippen LogP contribution in [0.15, 0.2) is 18.3 Å². The van der Waals surface area contributed by atoms with E-state index in [2.05, 4.69) is 15.6 Å². The second-order valence-corrected chi connectivity index (χ2v) is 4.22. The molecular weight excluding hydrogens is 238 g/mol. The van der Waals surface area contributed by atoms with Crippen LogP contribution < -0.4 is 15.4 Å². The van der Waals surface area contributed by atoms with Crippen LogP contribution >= 0.6 is 12.2 Å². The SMILES string of the molecule is COc1ccc(NC(=S)NC(=O)C2CC2)cn1. The Hall–Kier alpha value is -1.69. The molecule has 90 valence electrons. The van der Waals surface area contributed by atoms with E-state index in [1.807, 2.05) is 0 Å². The van der Waals surface area contributed by atoms with Crippen molar-refractivity contribution in [1.82, 2.24) is 10.3 Å². The predicted molar refractivity (Wildman–Crippen MR) is 67.9 cm³/mol. The van der Waals surface area contributed by atoms with Gasteiger partial charge in [-0.1, -0.05) is 0 Å². The van der Waals surface area contributed by atoms with E-state index in [0.29, 0.717) is 16.7 Å². The molecule has 2 N–H and O–H groups in total. The van der Waals surface area contributed by atoms with Gasteiger partial charge in [0, 0.05) is 12.0 Å². The third kappa shape index (κ3) is 3.39. The van der Waals surface area contributed by atoms with Crippen molar-refractivity contribution >= 4 is 28.9 Å². The highest BCUT2D eigenvalue weighted by molar-refractivity contribution is 7.80. The van der Waals surface area contributed by atoms with E-state index >= 15 is 0 Å². The van der Waals surface area contributed by atoms with Crippen LogP contribution in [0.5, 0.6) is 5.88 Å². The summed E-state index contributed by atoms with van der Waals surface area (Å²) < 4.78 is 4.94. The summed E-state index contributed by atoms with van der Waals surface area (Å²) in [6.07, 6.45) is 3.51. The van der Waals surface area contributed by atoms with Crippen molar-refractivity contribution in [3.63, 3.8) is 0 Å². The lowest BCUT2D eigenvalue weighted by Crippen LogP contribution is -2.35. The number of nitrogens with one attached hydrogen (secondary N) is 2. The maximum atomic E-state index is 11.4. The van der Waals surface area contributed by atoms with Crippen molar-refractivity contribution in [1.29, 1.82) is 0 Å². The maximum Gasteiger partial charge on any atom is 0.229 e. The van der Waals surface area contributed by atoms with Crippen molar-refractivity contribution in [3.05, 3.63) is 18.3 Å². The summed E-state index contributed by atoms with van der Waals surface area (Å²) in [5.74, 6) is 0.663. The first-order valence-corrected chi connectivity index (χ1v) is 5.72. The molecule has 17 heavy (non-hydrogen) atoms. The number of methoxy groups -OCH3 is 1. The average Bonchev–Trinajstić information content (AvgIpc) is 3.13. The Bertz CT molecular complexity index is 429. The molecule has 1 amide bonds. The van der Waals surface area contributed by atoms with Crippen molar-refractivity contribution in [2.75, 3.05) is 12.4 Å². The Morgan fingerprint density at radius 2 is 2.29 bits per heavy atom. The molecule has 0 saturated heterocycles. The molecule has 0 bridgehead atoms. The summed E-state index contributed by atoms with van der Waals surface area (Å²) in [6.45, 7) is 0. The summed E-state index contributed by atoms with van der Waals surface area (Å²) in [5, 5.41) is 5.83. The molecule has 6 heteroatoms. The molecule has 0 atom stereocenters. The highest BCUT2D eigenvalue weighted by Gasteiger charge is 2.29. The molecule has 1 saturated carbocycles. The number of aromatic nitrogens is 1. The fraction of sp³-hybridized carbons (Fsp3) is 0.364. The van der Waals surface area contributed by atoms with Gasteiger partial charge >= 0.3 is 0 Å². The lowest BCUT2D eigenvalue weighted by atomic mass is 10.4. The van der Waals surface area contributed by atoms with Gasteiger partial charge in [-0.2, -0.15) is 0 Å². The van der Waals surface area contributed by atoms with E-state index in [1.54, 1.807) is 25.4 Å². The third-order valence-corrected chi connectivity index (χ3v) is 2.59. The molecule has 1 fully saturated rings. The van der Waals surface area contributed by atoms with E-state index < -0.39 is 0 Å². The number of pyridine rings is 1. The molecular formula is C11H13N3O2S. The van der Waals surface area contributed by atoms with E-state index in [-0.39, 0.29) is 11.8 Å². The molecule has 0 spiro atoms. The first-order chi connectivity index (χ1) is 8.19. The number of nitrogens with zero attached hydrogens (tertiary/aromatic N) is 1. The van der Waals surface area contributed by atoms with E-state index in [4.69, 9.17) is 17.0 Å². The van der Waals surface area contributed by atoms with E-state index in [9.17, 15) is 4.79 Å². The highest BCUT2D eigenvalue weighted by Crippen LogP contribution is 2.28. The number of carbonyl (C=O) groups excluding carboxylic acids is 1. The van der Waals surface area contributed by atoms with Crippen LogP contribution in [0.1, 0.15) is 12.8 Å². The number of hydrogen-bond donors (Lipinski definition) is 2. The summed E-state index contributed by atoms with van der Waals surface area (Å²) in [6, 6.07) is 3.50. The van der Waals surface area contributed by atoms with Gasteiger partial charge in [0.15, 0.2) is 5.11 Å². The van der Waals surface area contributed by atoms with Crippen LogP contribution in [-0.2, 0) is 4.79 Å². The summed E-state index contributed by atoms with van der Waals surface area (Å²) >= 11 is 5.02. The Kier molecular flexibility index (Phi) is 3.53. The topological polar surface area (TPSA) is 63.2 Å². The molecule has 5 nitrogen and oxygen atoms in total. The monoisotopic (exact) mass is 251 g/mol. The second kappa shape index (κ2) is 5.09. The highest BCUT2D eigenvalue weighted by atomic mass is 32.1. The molecule has 0 unspecified atom stereocenters. The van der Waals surface area contributed by atoms with Gasteiger partial charge in [-0.25, -0.2) is 4.98 Å². The minimum atomic E-state index is -0.0102. The molecule has 0 aliphatic heterocycles. The number of anilines is 1. The van der Waals surface area contributed by atoms with Crippen molar-refractivity contribution < 1.29 is 9.53 Å². The number of rotatable bonds is 3. The van der Waals surface area contributed by atoms with Crippen LogP contribution in [0, 0.1) is 5.92 Å². The second-order valence-electron chi connectivity index (χ2n) is 3.81. The Labute approximate surface area is 105 Å². The Balaban J connectivity index is 1.86. The largest absolute Gasteiger partial charge is 0.481 e. The number of thiocarbonyl (C=S) groups is 1. The Morgan fingerprint density at radius 1 is 1.53 bits per heavy atom. The van der Waals surface area contributed by atoms with Gasteiger partial charge in [0.25, 0.3) is 0 Å². The van der Waals surface area contributed by atoms with Gasteiger partial charge in [0.05, 0.1) is 19.0 Å². The quantitative estimate of drug-likeness (QED) is 0.793. The number of ether oxygens (including phenoxy) is 1. The normalized spacial score (nSPS) is 13.9. The van der Waals surface area contributed by atoms with Gasteiger partial charge in [0.1, 0.15) is 0 Å². The number of hydrogen-bond acceptors (Lipinski definition) is 4. The molecule has 1 aromatic rings. The smallest absolute Gasteiger partial charge is 0.229 e. The average molecular weight is 251 g/mol. The van der Waals surface area contributed by atoms with Gasteiger partial charge in [-0.3, -0.25) is 4.79 Å². The van der Waals surface area contributed by atoms with Crippen LogP contribution in [0.4, 0.5) is 5.69 Å². The zero-order valence-corrected chi connectivity index (χ0v) is 10.2. The fourth-order valence-corrected chi connectivity index (χ4v) is 1.52. The van der Waals surface area contributed by atoms with Gasteiger partial charge in [-0.05, 0) is 31.1 Å². The van der Waals surface area contributed by atoms with Crippen LogP contribution in [0.25, 0.3) is 0 Å². The molecule has 1 aliphatic rings. The van der Waals surface area contributed by atoms with E-state index in [1.165, 1.54) is 0 Å². The van der Waals surface area contributed by atoms with Crippen LogP contribution in [0.3, 0.4) is 0 Å². The van der Waals surface area contributed by atoms with Gasteiger partial charge in [0.2, 0.25) is 11.8 Å². The fourth-order valence-electron chi connectivity index (χ4n) is 1.30. The first kappa shape index (κ1) is 11.8. The standard InChI is InChI=1S/C11H13N3O2S/c1-16-9-5-4-8(6-12-9)13-11(17)14-10(15)7-2-3-7/h4-7H,2-3H2,1H3,(H2,13,14,15,17). The van der Waals surface area contributed by atoms with Crippen LogP contribution in [-0.4, -0.2) is 23.1 Å².